The molecule has 1 saturated heterocycles. The molecule has 128 valence electrons. The maximum atomic E-state index is 11.2. The summed E-state index contributed by atoms with van der Waals surface area (Å²) in [6, 6.07) is 8.91. The van der Waals surface area contributed by atoms with Crippen LogP contribution in [0.2, 0.25) is 0 Å². The van der Waals surface area contributed by atoms with Crippen LogP contribution in [0.3, 0.4) is 0 Å². The molecule has 1 aromatic carbocycles. The molecule has 4 heteroatoms. The average Bonchev–Trinajstić information content (AvgIpc) is 2.98. The lowest BCUT2D eigenvalue weighted by molar-refractivity contribution is -0.138. The first kappa shape index (κ1) is 15.7. The van der Waals surface area contributed by atoms with Crippen LogP contribution in [-0.4, -0.2) is 34.0 Å². The second-order valence-corrected chi connectivity index (χ2v) is 7.46. The highest BCUT2D eigenvalue weighted by Crippen LogP contribution is 2.53. The monoisotopic (exact) mass is 326 g/mol. The van der Waals surface area contributed by atoms with E-state index in [0.29, 0.717) is 6.04 Å². The van der Waals surface area contributed by atoms with Gasteiger partial charge in [0, 0.05) is 29.6 Å². The Bertz CT molecular complexity index is 766. The number of aromatic amines is 1. The van der Waals surface area contributed by atoms with Crippen molar-refractivity contribution in [2.75, 3.05) is 13.1 Å². The van der Waals surface area contributed by atoms with Gasteiger partial charge in [-0.2, -0.15) is 0 Å². The molecule has 2 N–H and O–H groups in total. The lowest BCUT2D eigenvalue weighted by Crippen LogP contribution is -2.49. The van der Waals surface area contributed by atoms with Gasteiger partial charge in [0.25, 0.3) is 0 Å². The van der Waals surface area contributed by atoms with E-state index in [4.69, 9.17) is 0 Å². The Morgan fingerprint density at radius 1 is 1.38 bits per heavy atom. The Morgan fingerprint density at radius 3 is 3.00 bits per heavy atom. The first-order chi connectivity index (χ1) is 11.6. The maximum absolute atomic E-state index is 11.2. The van der Waals surface area contributed by atoms with Crippen LogP contribution in [0.5, 0.6) is 0 Å². The Hall–Kier alpha value is -1.81. The smallest absolute Gasteiger partial charge is 0.303 e. The first-order valence-electron chi connectivity index (χ1n) is 9.20. The fourth-order valence-electron chi connectivity index (χ4n) is 5.16. The molecule has 0 aliphatic carbocycles. The normalized spacial score (nSPS) is 27.0. The second-order valence-electron chi connectivity index (χ2n) is 7.46. The number of carbonyl (C=O) groups is 1. The minimum absolute atomic E-state index is 0.0761. The number of nitrogens with one attached hydrogen (secondary N) is 1. The first-order valence-corrected chi connectivity index (χ1v) is 9.20. The molecule has 0 unspecified atom stereocenters. The minimum Gasteiger partial charge on any atom is -0.481 e. The predicted octanol–water partition coefficient (Wildman–Crippen LogP) is 4.12. The molecular formula is C20H26N2O2. The summed E-state index contributed by atoms with van der Waals surface area (Å²) in [6.07, 6.45) is 5.49. The van der Waals surface area contributed by atoms with Gasteiger partial charge in [0.05, 0.1) is 6.04 Å². The summed E-state index contributed by atoms with van der Waals surface area (Å²) in [4.78, 5) is 17.5. The fourth-order valence-corrected chi connectivity index (χ4v) is 5.16. The summed E-state index contributed by atoms with van der Waals surface area (Å²) in [5.74, 6) is -0.673. The van der Waals surface area contributed by atoms with E-state index in [1.807, 2.05) is 0 Å². The van der Waals surface area contributed by atoms with Crippen molar-refractivity contribution < 1.29 is 9.90 Å². The molecule has 0 radical (unpaired) electrons. The van der Waals surface area contributed by atoms with Crippen LogP contribution in [0, 0.1) is 5.41 Å². The van der Waals surface area contributed by atoms with E-state index in [1.165, 1.54) is 28.6 Å². The zero-order valence-electron chi connectivity index (χ0n) is 14.3. The lowest BCUT2D eigenvalue weighted by atomic mass is 9.65. The molecule has 3 heterocycles. The molecule has 24 heavy (non-hydrogen) atoms. The van der Waals surface area contributed by atoms with Crippen LogP contribution in [0.15, 0.2) is 24.3 Å². The third-order valence-corrected chi connectivity index (χ3v) is 6.38. The van der Waals surface area contributed by atoms with Gasteiger partial charge in [-0.05, 0) is 55.7 Å². The number of piperidine rings is 1. The SMILES string of the molecule is CC[C@]1(CCC(=O)O)CCCN2CCc3c([nH]c4ccccc34)[C@@H]21. The Labute approximate surface area is 142 Å². The maximum Gasteiger partial charge on any atom is 0.303 e. The van der Waals surface area contributed by atoms with Crippen LogP contribution >= 0.6 is 0 Å². The van der Waals surface area contributed by atoms with Crippen molar-refractivity contribution >= 4 is 16.9 Å². The van der Waals surface area contributed by atoms with Crippen molar-refractivity contribution in [2.45, 2.75) is 51.5 Å². The number of carboxylic acid groups (broad SMARTS) is 1. The van der Waals surface area contributed by atoms with Gasteiger partial charge in [0.1, 0.15) is 0 Å². The van der Waals surface area contributed by atoms with Crippen molar-refractivity contribution in [3.63, 3.8) is 0 Å². The van der Waals surface area contributed by atoms with Gasteiger partial charge in [-0.25, -0.2) is 0 Å². The molecule has 0 bridgehead atoms. The number of benzene rings is 1. The summed E-state index contributed by atoms with van der Waals surface area (Å²) in [6.45, 7) is 4.46. The van der Waals surface area contributed by atoms with Gasteiger partial charge in [-0.3, -0.25) is 9.69 Å². The van der Waals surface area contributed by atoms with Gasteiger partial charge < -0.3 is 10.1 Å². The van der Waals surface area contributed by atoms with E-state index in [2.05, 4.69) is 41.1 Å². The largest absolute Gasteiger partial charge is 0.481 e. The summed E-state index contributed by atoms with van der Waals surface area (Å²) in [5.41, 5.74) is 4.11. The molecule has 4 nitrogen and oxygen atoms in total. The average molecular weight is 326 g/mol. The number of H-pyrrole nitrogens is 1. The van der Waals surface area contributed by atoms with Crippen LogP contribution in [0.1, 0.15) is 56.3 Å². The molecule has 2 atom stereocenters. The van der Waals surface area contributed by atoms with E-state index in [-0.39, 0.29) is 11.8 Å². The van der Waals surface area contributed by atoms with Gasteiger partial charge in [-0.15, -0.1) is 0 Å². The number of carboxylic acids is 1. The molecule has 0 spiro atoms. The highest BCUT2D eigenvalue weighted by atomic mass is 16.4. The van der Waals surface area contributed by atoms with E-state index in [0.717, 1.165) is 38.8 Å². The highest BCUT2D eigenvalue weighted by molar-refractivity contribution is 5.85. The number of fused-ring (bicyclic) bond motifs is 5. The van der Waals surface area contributed by atoms with Crippen LogP contribution < -0.4 is 0 Å². The third kappa shape index (κ3) is 2.35. The van der Waals surface area contributed by atoms with Crippen molar-refractivity contribution in [2.24, 2.45) is 5.41 Å². The molecule has 2 aliphatic rings. The summed E-state index contributed by atoms with van der Waals surface area (Å²) in [7, 11) is 0. The molecule has 1 fully saturated rings. The number of para-hydroxylation sites is 1. The number of rotatable bonds is 4. The highest BCUT2D eigenvalue weighted by Gasteiger charge is 2.47. The molecule has 4 rings (SSSR count). The number of aliphatic carboxylic acids is 1. The molecule has 2 aliphatic heterocycles. The summed E-state index contributed by atoms with van der Waals surface area (Å²) in [5, 5.41) is 10.6. The Morgan fingerprint density at radius 2 is 2.21 bits per heavy atom. The standard InChI is InChI=1S/C20H26N2O2/c1-2-20(11-8-17(23)24)10-5-12-22-13-9-15-14-6-3-4-7-16(14)21-18(15)19(20)22/h3-4,6-7,19,21H,2,5,8-13H2,1H3,(H,23,24)/t19-,20-/m1/s1. The van der Waals surface area contributed by atoms with E-state index in [9.17, 15) is 9.90 Å². The Balaban J connectivity index is 1.81. The third-order valence-electron chi connectivity index (χ3n) is 6.38. The van der Waals surface area contributed by atoms with E-state index < -0.39 is 5.97 Å². The van der Waals surface area contributed by atoms with Gasteiger partial charge in [-0.1, -0.05) is 25.1 Å². The number of nitrogens with zero attached hydrogens (tertiary/aromatic N) is 1. The topological polar surface area (TPSA) is 56.3 Å². The summed E-state index contributed by atoms with van der Waals surface area (Å²) >= 11 is 0. The quantitative estimate of drug-likeness (QED) is 0.888. The predicted molar refractivity (Wildman–Crippen MR) is 95.1 cm³/mol. The lowest BCUT2D eigenvalue weighted by Gasteiger charge is -2.52. The zero-order valence-corrected chi connectivity index (χ0v) is 14.3. The second kappa shape index (κ2) is 5.92. The summed E-state index contributed by atoms with van der Waals surface area (Å²) < 4.78 is 0. The molecule has 2 aromatic rings. The van der Waals surface area contributed by atoms with E-state index >= 15 is 0 Å². The molecule has 1 aromatic heterocycles. The fraction of sp³-hybridized carbons (Fsp3) is 0.550. The number of aromatic nitrogens is 1. The van der Waals surface area contributed by atoms with Crippen molar-refractivity contribution in [1.82, 2.24) is 9.88 Å². The van der Waals surface area contributed by atoms with Crippen LogP contribution in [0.25, 0.3) is 10.9 Å². The zero-order chi connectivity index (χ0) is 16.7. The van der Waals surface area contributed by atoms with Crippen molar-refractivity contribution in [1.29, 1.82) is 0 Å². The van der Waals surface area contributed by atoms with Crippen molar-refractivity contribution in [3.05, 3.63) is 35.5 Å². The van der Waals surface area contributed by atoms with Gasteiger partial charge in [0.2, 0.25) is 0 Å². The van der Waals surface area contributed by atoms with Gasteiger partial charge in [0.15, 0.2) is 0 Å². The molecular weight excluding hydrogens is 300 g/mol. The Kier molecular flexibility index (Phi) is 3.87. The van der Waals surface area contributed by atoms with Crippen molar-refractivity contribution in [3.8, 4) is 0 Å². The van der Waals surface area contributed by atoms with Gasteiger partial charge >= 0.3 is 5.97 Å². The minimum atomic E-state index is -0.673. The number of hydrogen-bond donors (Lipinski definition) is 2. The molecule has 0 amide bonds. The van der Waals surface area contributed by atoms with Crippen LogP contribution in [0.4, 0.5) is 0 Å². The molecule has 0 saturated carbocycles. The number of hydrogen-bond acceptors (Lipinski definition) is 2. The van der Waals surface area contributed by atoms with E-state index in [1.54, 1.807) is 0 Å². The van der Waals surface area contributed by atoms with Crippen LogP contribution in [-0.2, 0) is 11.2 Å².